The molecule has 0 spiro atoms. The molecule has 1 fully saturated rings. The van der Waals surface area contributed by atoms with Crippen LogP contribution in [0.2, 0.25) is 0 Å². The maximum atomic E-state index is 5.89. The smallest absolute Gasteiger partial charge is 0.0599 e. The molecule has 0 radical (unpaired) electrons. The number of ether oxygens (including phenoxy) is 1. The van der Waals surface area contributed by atoms with Crippen molar-refractivity contribution in [3.8, 4) is 0 Å². The fourth-order valence-electron chi connectivity index (χ4n) is 2.66. The van der Waals surface area contributed by atoms with Crippen LogP contribution in [0.4, 0.5) is 0 Å². The van der Waals surface area contributed by atoms with Gasteiger partial charge in [-0.05, 0) is 25.3 Å². The van der Waals surface area contributed by atoms with Gasteiger partial charge in [-0.2, -0.15) is 0 Å². The Balaban J connectivity index is 0.00000180. The topological polar surface area (TPSA) is 38.5 Å². The zero-order valence-corrected chi connectivity index (χ0v) is 12.7. The quantitative estimate of drug-likeness (QED) is 0.922. The van der Waals surface area contributed by atoms with Crippen LogP contribution in [0.25, 0.3) is 0 Å². The van der Waals surface area contributed by atoms with Crippen molar-refractivity contribution in [2.75, 3.05) is 20.2 Å². The lowest BCUT2D eigenvalue weighted by atomic mass is 9.98. The van der Waals surface area contributed by atoms with Crippen LogP contribution >= 0.6 is 12.4 Å². The average Bonchev–Trinajstić information content (AvgIpc) is 2.41. The highest BCUT2D eigenvalue weighted by molar-refractivity contribution is 5.85. The summed E-state index contributed by atoms with van der Waals surface area (Å²) >= 11 is 0. The molecule has 2 atom stereocenters. The summed E-state index contributed by atoms with van der Waals surface area (Å²) in [6.45, 7) is 4.91. The van der Waals surface area contributed by atoms with Crippen molar-refractivity contribution in [3.05, 3.63) is 35.4 Å². The fraction of sp³-hybridized carbons (Fsp3) is 0.600. The maximum Gasteiger partial charge on any atom is 0.0599 e. The number of likely N-dealkylation sites (tertiary alicyclic amines) is 1. The highest BCUT2D eigenvalue weighted by Crippen LogP contribution is 2.21. The summed E-state index contributed by atoms with van der Waals surface area (Å²) in [7, 11) is 1.80. The van der Waals surface area contributed by atoms with Crippen molar-refractivity contribution in [1.29, 1.82) is 0 Å². The summed E-state index contributed by atoms with van der Waals surface area (Å²) in [5.41, 5.74) is 8.57. The van der Waals surface area contributed by atoms with E-state index in [1.54, 1.807) is 7.11 Å². The number of rotatable bonds is 4. The molecule has 1 saturated heterocycles. The van der Waals surface area contributed by atoms with E-state index in [0.29, 0.717) is 18.7 Å². The molecule has 1 aromatic carbocycles. The minimum absolute atomic E-state index is 0. The van der Waals surface area contributed by atoms with Crippen LogP contribution in [0.15, 0.2) is 24.3 Å². The first-order chi connectivity index (χ1) is 8.72. The van der Waals surface area contributed by atoms with E-state index in [1.807, 2.05) is 0 Å². The highest BCUT2D eigenvalue weighted by Gasteiger charge is 2.27. The van der Waals surface area contributed by atoms with Gasteiger partial charge in [-0.3, -0.25) is 4.90 Å². The number of nitrogens with zero attached hydrogens (tertiary/aromatic N) is 1. The van der Waals surface area contributed by atoms with Crippen LogP contribution in [0.3, 0.4) is 0 Å². The Bertz CT molecular complexity index is 369. The normalized spacial score (nSPS) is 23.9. The zero-order valence-electron chi connectivity index (χ0n) is 11.8. The molecule has 0 aliphatic carbocycles. The molecule has 0 amide bonds. The molecule has 0 bridgehead atoms. The van der Waals surface area contributed by atoms with Crippen molar-refractivity contribution in [2.45, 2.75) is 38.5 Å². The van der Waals surface area contributed by atoms with E-state index in [2.05, 4.69) is 36.1 Å². The fourth-order valence-corrected chi connectivity index (χ4v) is 2.66. The number of hydrogen-bond acceptors (Lipinski definition) is 3. The Morgan fingerprint density at radius 2 is 2.00 bits per heavy atom. The first kappa shape index (κ1) is 16.4. The summed E-state index contributed by atoms with van der Waals surface area (Å²) < 4.78 is 5.46. The molecule has 1 heterocycles. The van der Waals surface area contributed by atoms with Crippen molar-refractivity contribution < 1.29 is 4.74 Å². The van der Waals surface area contributed by atoms with E-state index in [1.165, 1.54) is 11.1 Å². The summed E-state index contributed by atoms with van der Waals surface area (Å²) in [5.74, 6) is 0. The standard InChI is InChI=1S/C15H24N2O.ClH/c1-12-3-5-13(6-4-12)11-17-8-7-15(18-2)9-14(17)10-16;/h3-6,14-15H,7-11,16H2,1-2H3;1H. The van der Waals surface area contributed by atoms with Gasteiger partial charge in [0.25, 0.3) is 0 Å². The third-order valence-electron chi connectivity index (χ3n) is 3.90. The first-order valence-corrected chi connectivity index (χ1v) is 6.75. The Labute approximate surface area is 122 Å². The predicted octanol–water partition coefficient (Wildman–Crippen LogP) is 2.35. The van der Waals surface area contributed by atoms with Crippen LogP contribution in [0.5, 0.6) is 0 Å². The maximum absolute atomic E-state index is 5.89. The van der Waals surface area contributed by atoms with Crippen molar-refractivity contribution >= 4 is 12.4 Å². The van der Waals surface area contributed by atoms with E-state index < -0.39 is 0 Å². The molecule has 4 heteroatoms. The monoisotopic (exact) mass is 284 g/mol. The molecule has 1 aliphatic rings. The Morgan fingerprint density at radius 1 is 1.32 bits per heavy atom. The Morgan fingerprint density at radius 3 is 2.58 bits per heavy atom. The van der Waals surface area contributed by atoms with Gasteiger partial charge >= 0.3 is 0 Å². The van der Waals surface area contributed by atoms with Crippen molar-refractivity contribution in [2.24, 2.45) is 5.73 Å². The molecule has 1 aromatic rings. The van der Waals surface area contributed by atoms with Gasteiger partial charge in [-0.15, -0.1) is 12.4 Å². The Kier molecular flexibility index (Phi) is 6.80. The molecule has 19 heavy (non-hydrogen) atoms. The van der Waals surface area contributed by atoms with Gasteiger partial charge in [-0.25, -0.2) is 0 Å². The van der Waals surface area contributed by atoms with Crippen LogP contribution < -0.4 is 5.73 Å². The third kappa shape index (κ3) is 4.46. The number of benzene rings is 1. The van der Waals surface area contributed by atoms with E-state index in [9.17, 15) is 0 Å². The van der Waals surface area contributed by atoms with E-state index in [0.717, 1.165) is 25.9 Å². The van der Waals surface area contributed by atoms with Crippen LogP contribution in [-0.2, 0) is 11.3 Å². The second kappa shape index (κ2) is 7.85. The molecule has 108 valence electrons. The molecule has 2 rings (SSSR count). The molecular weight excluding hydrogens is 260 g/mol. The van der Waals surface area contributed by atoms with Crippen LogP contribution in [0, 0.1) is 6.92 Å². The van der Waals surface area contributed by atoms with Gasteiger partial charge in [0.05, 0.1) is 6.10 Å². The zero-order chi connectivity index (χ0) is 13.0. The van der Waals surface area contributed by atoms with Crippen LogP contribution in [0.1, 0.15) is 24.0 Å². The second-order valence-corrected chi connectivity index (χ2v) is 5.23. The lowest BCUT2D eigenvalue weighted by Crippen LogP contribution is -2.47. The largest absolute Gasteiger partial charge is 0.381 e. The molecule has 2 N–H and O–H groups in total. The second-order valence-electron chi connectivity index (χ2n) is 5.23. The number of nitrogens with two attached hydrogens (primary N) is 1. The van der Waals surface area contributed by atoms with Crippen LogP contribution in [-0.4, -0.2) is 37.2 Å². The molecule has 3 nitrogen and oxygen atoms in total. The number of aryl methyl sites for hydroxylation is 1. The summed E-state index contributed by atoms with van der Waals surface area (Å²) in [6, 6.07) is 9.23. The van der Waals surface area contributed by atoms with Gasteiger partial charge in [0.1, 0.15) is 0 Å². The molecule has 0 saturated carbocycles. The molecular formula is C15H25ClN2O. The van der Waals surface area contributed by atoms with Gasteiger partial charge < -0.3 is 10.5 Å². The summed E-state index contributed by atoms with van der Waals surface area (Å²) in [6.07, 6.45) is 2.55. The van der Waals surface area contributed by atoms with Gasteiger partial charge in [0.2, 0.25) is 0 Å². The number of halogens is 1. The summed E-state index contributed by atoms with van der Waals surface area (Å²) in [4.78, 5) is 2.49. The van der Waals surface area contributed by atoms with E-state index in [-0.39, 0.29) is 12.4 Å². The highest BCUT2D eigenvalue weighted by atomic mass is 35.5. The van der Waals surface area contributed by atoms with E-state index in [4.69, 9.17) is 10.5 Å². The average molecular weight is 285 g/mol. The third-order valence-corrected chi connectivity index (χ3v) is 3.90. The minimum Gasteiger partial charge on any atom is -0.381 e. The SMILES string of the molecule is COC1CCN(Cc2ccc(C)cc2)C(CN)C1.Cl. The van der Waals surface area contributed by atoms with Gasteiger partial charge in [-0.1, -0.05) is 29.8 Å². The van der Waals surface area contributed by atoms with Gasteiger partial charge in [0.15, 0.2) is 0 Å². The molecule has 2 unspecified atom stereocenters. The predicted molar refractivity (Wildman–Crippen MR) is 81.7 cm³/mol. The first-order valence-electron chi connectivity index (χ1n) is 6.75. The number of hydrogen-bond donors (Lipinski definition) is 1. The number of piperidine rings is 1. The summed E-state index contributed by atoms with van der Waals surface area (Å²) in [5, 5.41) is 0. The van der Waals surface area contributed by atoms with Gasteiger partial charge in [0, 0.05) is 32.8 Å². The van der Waals surface area contributed by atoms with Crippen molar-refractivity contribution in [3.63, 3.8) is 0 Å². The Hall–Kier alpha value is -0.610. The van der Waals surface area contributed by atoms with E-state index >= 15 is 0 Å². The molecule has 1 aliphatic heterocycles. The molecule has 0 aromatic heterocycles. The van der Waals surface area contributed by atoms with Crippen molar-refractivity contribution in [1.82, 2.24) is 4.90 Å². The lowest BCUT2D eigenvalue weighted by Gasteiger charge is -2.38. The minimum atomic E-state index is 0. The lowest BCUT2D eigenvalue weighted by molar-refractivity contribution is 0.0102. The number of methoxy groups -OCH3 is 1.